The van der Waals surface area contributed by atoms with E-state index in [9.17, 15) is 9.59 Å². The summed E-state index contributed by atoms with van der Waals surface area (Å²) >= 11 is 0. The summed E-state index contributed by atoms with van der Waals surface area (Å²) < 4.78 is 0. The van der Waals surface area contributed by atoms with Gasteiger partial charge in [-0.25, -0.2) is 10.9 Å². The fourth-order valence-corrected chi connectivity index (χ4v) is 3.83. The third kappa shape index (κ3) is 4.38. The highest BCUT2D eigenvalue weighted by Crippen LogP contribution is 2.24. The second-order valence-electron chi connectivity index (χ2n) is 7.34. The van der Waals surface area contributed by atoms with Crippen molar-refractivity contribution in [2.24, 2.45) is 5.92 Å². The monoisotopic (exact) mass is 344 g/mol. The molecule has 0 radical (unpaired) electrons. The molecular weight excluding hydrogens is 316 g/mol. The van der Waals surface area contributed by atoms with Crippen molar-refractivity contribution >= 4 is 11.8 Å². The van der Waals surface area contributed by atoms with Gasteiger partial charge in [0, 0.05) is 38.4 Å². The number of rotatable bonds is 3. The Labute approximate surface area is 149 Å². The fourth-order valence-electron chi connectivity index (χ4n) is 3.83. The van der Waals surface area contributed by atoms with Crippen molar-refractivity contribution in [3.8, 4) is 0 Å². The second-order valence-corrected chi connectivity index (χ2v) is 7.34. The molecule has 2 aliphatic rings. The van der Waals surface area contributed by atoms with Crippen LogP contribution >= 0.6 is 0 Å². The number of piperidine rings is 1. The van der Waals surface area contributed by atoms with Crippen LogP contribution in [-0.2, 0) is 9.59 Å². The van der Waals surface area contributed by atoms with Gasteiger partial charge in [0.2, 0.25) is 11.8 Å². The predicted molar refractivity (Wildman–Crippen MR) is 96.5 cm³/mol. The van der Waals surface area contributed by atoms with Crippen LogP contribution in [0.1, 0.15) is 48.9 Å². The minimum Gasteiger partial charge on any atom is -0.343 e. The van der Waals surface area contributed by atoms with Crippen molar-refractivity contribution < 1.29 is 9.59 Å². The Morgan fingerprint density at radius 3 is 2.32 bits per heavy atom. The van der Waals surface area contributed by atoms with Crippen molar-refractivity contribution in [3.63, 3.8) is 0 Å². The molecule has 136 valence electrons. The maximum Gasteiger partial charge on any atom is 0.224 e. The van der Waals surface area contributed by atoms with E-state index in [1.807, 2.05) is 4.90 Å². The molecule has 6 heteroatoms. The highest BCUT2D eigenvalue weighted by atomic mass is 16.2. The maximum atomic E-state index is 12.5. The van der Waals surface area contributed by atoms with Gasteiger partial charge >= 0.3 is 0 Å². The van der Waals surface area contributed by atoms with E-state index in [4.69, 9.17) is 0 Å². The van der Waals surface area contributed by atoms with Crippen molar-refractivity contribution in [2.75, 3.05) is 13.1 Å². The number of nitrogens with zero attached hydrogens (tertiary/aromatic N) is 1. The number of hydrogen-bond acceptors (Lipinski definition) is 4. The Bertz CT molecular complexity index is 633. The molecule has 2 fully saturated rings. The molecule has 0 aliphatic carbocycles. The molecule has 2 atom stereocenters. The molecule has 1 aromatic rings. The Balaban J connectivity index is 1.51. The third-order valence-corrected chi connectivity index (χ3v) is 5.18. The van der Waals surface area contributed by atoms with E-state index in [0.29, 0.717) is 13.1 Å². The molecule has 3 N–H and O–H groups in total. The maximum absolute atomic E-state index is 12.5. The van der Waals surface area contributed by atoms with Crippen LogP contribution in [0.3, 0.4) is 0 Å². The largest absolute Gasteiger partial charge is 0.343 e. The number of amides is 2. The average molecular weight is 344 g/mol. The SMILES string of the molecule is CC(=O)N1CCC(C(=O)NC2CC(c3cc(C)cc(C)c3)NN2)CC1. The number of hydrazine groups is 1. The Morgan fingerprint density at radius 2 is 1.72 bits per heavy atom. The van der Waals surface area contributed by atoms with Gasteiger partial charge in [0.15, 0.2) is 0 Å². The van der Waals surface area contributed by atoms with E-state index in [2.05, 4.69) is 48.2 Å². The van der Waals surface area contributed by atoms with Crippen LogP contribution in [0.25, 0.3) is 0 Å². The van der Waals surface area contributed by atoms with Gasteiger partial charge in [-0.1, -0.05) is 29.3 Å². The number of carbonyl (C=O) groups excluding carboxylic acids is 2. The summed E-state index contributed by atoms with van der Waals surface area (Å²) in [7, 11) is 0. The smallest absolute Gasteiger partial charge is 0.224 e. The second kappa shape index (κ2) is 7.54. The molecule has 2 aliphatic heterocycles. The number of hydrogen-bond donors (Lipinski definition) is 3. The molecule has 3 rings (SSSR count). The van der Waals surface area contributed by atoms with Crippen LogP contribution in [0, 0.1) is 19.8 Å². The lowest BCUT2D eigenvalue weighted by molar-refractivity contribution is -0.134. The number of aryl methyl sites for hydroxylation is 2. The normalized spacial score (nSPS) is 24.4. The van der Waals surface area contributed by atoms with Gasteiger partial charge in [0.05, 0.1) is 6.17 Å². The average Bonchev–Trinajstić information content (AvgIpc) is 3.02. The van der Waals surface area contributed by atoms with Gasteiger partial charge in [0.25, 0.3) is 0 Å². The number of nitrogens with one attached hydrogen (secondary N) is 3. The molecule has 2 saturated heterocycles. The molecule has 2 heterocycles. The Hall–Kier alpha value is -1.92. The third-order valence-electron chi connectivity index (χ3n) is 5.18. The lowest BCUT2D eigenvalue weighted by atomic mass is 9.95. The molecule has 0 saturated carbocycles. The summed E-state index contributed by atoms with van der Waals surface area (Å²) in [5.74, 6) is 0.179. The van der Waals surface area contributed by atoms with Crippen molar-refractivity contribution in [2.45, 2.75) is 52.2 Å². The first kappa shape index (κ1) is 17.9. The standard InChI is InChI=1S/C19H28N4O2/c1-12-8-13(2)10-16(9-12)17-11-18(22-21-17)20-19(25)15-4-6-23(7-5-15)14(3)24/h8-10,15,17-18,21-22H,4-7,11H2,1-3H3,(H,20,25). The molecule has 2 amide bonds. The van der Waals surface area contributed by atoms with Gasteiger partial charge in [-0.15, -0.1) is 0 Å². The van der Waals surface area contributed by atoms with E-state index < -0.39 is 0 Å². The lowest BCUT2D eigenvalue weighted by Crippen LogP contribution is -2.48. The van der Waals surface area contributed by atoms with E-state index in [1.54, 1.807) is 6.92 Å². The first-order valence-electron chi connectivity index (χ1n) is 9.07. The highest BCUT2D eigenvalue weighted by Gasteiger charge is 2.30. The summed E-state index contributed by atoms with van der Waals surface area (Å²) in [6.07, 6.45) is 2.24. The van der Waals surface area contributed by atoms with E-state index in [0.717, 1.165) is 19.3 Å². The number of likely N-dealkylation sites (tertiary alicyclic amines) is 1. The summed E-state index contributed by atoms with van der Waals surface area (Å²) in [6.45, 7) is 7.14. The van der Waals surface area contributed by atoms with E-state index in [1.165, 1.54) is 16.7 Å². The van der Waals surface area contributed by atoms with Gasteiger partial charge < -0.3 is 10.2 Å². The fraction of sp³-hybridized carbons (Fsp3) is 0.579. The molecule has 2 unspecified atom stereocenters. The Morgan fingerprint density at radius 1 is 1.08 bits per heavy atom. The van der Waals surface area contributed by atoms with Gasteiger partial charge in [-0.05, 0) is 32.3 Å². The molecular formula is C19H28N4O2. The van der Waals surface area contributed by atoms with Gasteiger partial charge in [-0.3, -0.25) is 9.59 Å². The quantitative estimate of drug-likeness (QED) is 0.778. The first-order chi connectivity index (χ1) is 11.9. The van der Waals surface area contributed by atoms with Crippen LogP contribution in [0.4, 0.5) is 0 Å². The Kier molecular flexibility index (Phi) is 5.39. The summed E-state index contributed by atoms with van der Waals surface area (Å²) in [5.41, 5.74) is 10.2. The summed E-state index contributed by atoms with van der Waals surface area (Å²) in [5, 5.41) is 3.11. The number of benzene rings is 1. The zero-order valence-corrected chi connectivity index (χ0v) is 15.3. The van der Waals surface area contributed by atoms with E-state index in [-0.39, 0.29) is 29.9 Å². The molecule has 0 aromatic heterocycles. The van der Waals surface area contributed by atoms with Crippen molar-refractivity contribution in [1.82, 2.24) is 21.1 Å². The van der Waals surface area contributed by atoms with Crippen molar-refractivity contribution in [1.29, 1.82) is 0 Å². The molecule has 1 aromatic carbocycles. The topological polar surface area (TPSA) is 73.5 Å². The summed E-state index contributed by atoms with van der Waals surface area (Å²) in [6, 6.07) is 6.74. The van der Waals surface area contributed by atoms with Crippen LogP contribution < -0.4 is 16.2 Å². The van der Waals surface area contributed by atoms with Crippen LogP contribution in [-0.4, -0.2) is 36.0 Å². The zero-order valence-electron chi connectivity index (χ0n) is 15.3. The molecule has 25 heavy (non-hydrogen) atoms. The predicted octanol–water partition coefficient (Wildman–Crippen LogP) is 1.54. The van der Waals surface area contributed by atoms with Crippen LogP contribution in [0.2, 0.25) is 0 Å². The minimum atomic E-state index is -0.0656. The van der Waals surface area contributed by atoms with Gasteiger partial charge in [-0.2, -0.15) is 0 Å². The first-order valence-corrected chi connectivity index (χ1v) is 9.07. The van der Waals surface area contributed by atoms with E-state index >= 15 is 0 Å². The van der Waals surface area contributed by atoms with Gasteiger partial charge in [0.1, 0.15) is 0 Å². The molecule has 0 bridgehead atoms. The summed E-state index contributed by atoms with van der Waals surface area (Å²) in [4.78, 5) is 25.7. The zero-order chi connectivity index (χ0) is 18.0. The van der Waals surface area contributed by atoms with Crippen LogP contribution in [0.15, 0.2) is 18.2 Å². The van der Waals surface area contributed by atoms with Crippen LogP contribution in [0.5, 0.6) is 0 Å². The number of carbonyl (C=O) groups is 2. The molecule has 0 spiro atoms. The molecule has 6 nitrogen and oxygen atoms in total. The minimum absolute atomic E-state index is 0.00216. The highest BCUT2D eigenvalue weighted by molar-refractivity contribution is 5.79. The lowest BCUT2D eigenvalue weighted by Gasteiger charge is -2.31. The van der Waals surface area contributed by atoms with Crippen molar-refractivity contribution in [3.05, 3.63) is 34.9 Å².